The van der Waals surface area contributed by atoms with Crippen LogP contribution in [0.25, 0.3) is 43.1 Å². The molecule has 0 spiro atoms. The van der Waals surface area contributed by atoms with Crippen molar-refractivity contribution in [3.05, 3.63) is 109 Å². The van der Waals surface area contributed by atoms with E-state index in [4.69, 9.17) is 0 Å². The summed E-state index contributed by atoms with van der Waals surface area (Å²) in [6, 6.07) is 38.5. The Morgan fingerprint density at radius 1 is 0.433 bits per heavy atom. The van der Waals surface area contributed by atoms with Crippen LogP contribution in [0.15, 0.2) is 109 Å². The molecule has 6 aromatic rings. The Morgan fingerprint density at radius 2 is 0.633 bits per heavy atom. The van der Waals surface area contributed by atoms with E-state index in [-0.39, 0.29) is 26.2 Å². The van der Waals surface area contributed by atoms with E-state index in [1.165, 1.54) is 43.1 Å². The van der Waals surface area contributed by atoms with Gasteiger partial charge in [-0.1, -0.05) is 85.9 Å². The maximum Gasteiger partial charge on any atom is 2.00 e. The molecule has 30 heavy (non-hydrogen) atoms. The molecule has 6 aromatic carbocycles. The van der Waals surface area contributed by atoms with Gasteiger partial charge >= 0.3 is 26.2 Å². The topological polar surface area (TPSA) is 0 Å². The van der Waals surface area contributed by atoms with Gasteiger partial charge in [0.15, 0.2) is 0 Å². The van der Waals surface area contributed by atoms with E-state index < -0.39 is 0 Å². The molecule has 2 radical (unpaired) electrons. The molecule has 6 rings (SSSR count). The molecule has 0 nitrogen and oxygen atoms in total. The smallest absolute Gasteiger partial charge is 0.126 e. The molecule has 0 heterocycles. The van der Waals surface area contributed by atoms with E-state index in [1.54, 1.807) is 0 Å². The molecule has 0 saturated heterocycles. The fourth-order valence-corrected chi connectivity index (χ4v) is 3.81. The largest absolute Gasteiger partial charge is 2.00 e. The van der Waals surface area contributed by atoms with Crippen molar-refractivity contribution in [2.45, 2.75) is 13.1 Å². The zero-order valence-electron chi connectivity index (χ0n) is 17.4. The maximum absolute atomic E-state index is 2.24. The van der Waals surface area contributed by atoms with Crippen molar-refractivity contribution in [1.29, 1.82) is 0 Å². The third-order valence-electron chi connectivity index (χ3n) is 5.05. The van der Waals surface area contributed by atoms with Crippen molar-refractivity contribution in [3.63, 3.8) is 0 Å². The monoisotopic (exact) mass is 478 g/mol. The van der Waals surface area contributed by atoms with Crippen LogP contribution >= 0.6 is 0 Å². The van der Waals surface area contributed by atoms with Gasteiger partial charge in [-0.2, -0.15) is 0 Å². The van der Waals surface area contributed by atoms with Gasteiger partial charge in [-0.05, 0) is 0 Å². The Hall–Kier alpha value is -2.28. The van der Waals surface area contributed by atoms with Crippen LogP contribution in [0, 0.1) is 0 Å². The van der Waals surface area contributed by atoms with Crippen LogP contribution < -0.4 is 0 Å². The summed E-state index contributed by atoms with van der Waals surface area (Å²) in [6.45, 7) is 4.31. The molecule has 144 valence electrons. The molecule has 0 unspecified atom stereocenters. The van der Waals surface area contributed by atoms with Crippen molar-refractivity contribution >= 4 is 52.6 Å². The van der Waals surface area contributed by atoms with Crippen LogP contribution in [0.3, 0.4) is 0 Å². The SMILES string of the molecule is C[Si]C.[Zr+2].c1ccc2c(c1)[cH-]c1ccccc12.c1ccc2c(c1)[cH-]c1ccccc12. The van der Waals surface area contributed by atoms with E-state index >= 15 is 0 Å². The van der Waals surface area contributed by atoms with Crippen LogP contribution in [0.5, 0.6) is 0 Å². The predicted octanol–water partition coefficient (Wildman–Crippen LogP) is 8.21. The molecule has 0 atom stereocenters. The third-order valence-corrected chi connectivity index (χ3v) is 5.05. The minimum absolute atomic E-state index is 0. The van der Waals surface area contributed by atoms with Gasteiger partial charge in [-0.15, -0.1) is 79.5 Å². The first kappa shape index (κ1) is 22.4. The van der Waals surface area contributed by atoms with E-state index in [0.717, 1.165) is 9.52 Å². The van der Waals surface area contributed by atoms with E-state index in [0.29, 0.717) is 0 Å². The zero-order valence-corrected chi connectivity index (χ0v) is 20.9. The summed E-state index contributed by atoms with van der Waals surface area (Å²) >= 11 is 0. The standard InChI is InChI=1S/2C13H9.C2H6Si.Zr/c2*1-3-7-12-10(5-1)9-11-6-2-4-8-13(11)12;1-3-2;/h2*1-9H;1-2H3;/q2*-1;;+2. The minimum atomic E-state index is 0. The minimum Gasteiger partial charge on any atom is -0.126 e. The molecule has 0 bridgehead atoms. The fraction of sp³-hybridized carbons (Fsp3) is 0.0714. The summed E-state index contributed by atoms with van der Waals surface area (Å²) in [6.07, 6.45) is 0. The Bertz CT molecular complexity index is 1150. The number of benzene rings is 4. The predicted molar refractivity (Wildman–Crippen MR) is 132 cm³/mol. The van der Waals surface area contributed by atoms with Gasteiger partial charge in [-0.3, -0.25) is 0 Å². The van der Waals surface area contributed by atoms with Crippen LogP contribution in [0.4, 0.5) is 0 Å². The summed E-state index contributed by atoms with van der Waals surface area (Å²) < 4.78 is 0. The fourth-order valence-electron chi connectivity index (χ4n) is 3.81. The van der Waals surface area contributed by atoms with E-state index in [1.807, 2.05) is 0 Å². The number of hydrogen-bond acceptors (Lipinski definition) is 0. The molecule has 0 aliphatic carbocycles. The van der Waals surface area contributed by atoms with Gasteiger partial charge < -0.3 is 0 Å². The average Bonchev–Trinajstić information content (AvgIpc) is 3.33. The van der Waals surface area contributed by atoms with Gasteiger partial charge in [0.1, 0.15) is 0 Å². The molecule has 0 aliphatic heterocycles. The first-order valence-electron chi connectivity index (χ1n) is 9.96. The third kappa shape index (κ3) is 4.72. The first-order chi connectivity index (χ1) is 14.3. The van der Waals surface area contributed by atoms with Crippen LogP contribution in [0.1, 0.15) is 0 Å². The van der Waals surface area contributed by atoms with Crippen molar-refractivity contribution in [2.75, 3.05) is 0 Å². The van der Waals surface area contributed by atoms with Gasteiger partial charge in [0.25, 0.3) is 0 Å². The van der Waals surface area contributed by atoms with Crippen LogP contribution in [-0.4, -0.2) is 9.52 Å². The molecule has 2 heteroatoms. The summed E-state index contributed by atoms with van der Waals surface area (Å²) in [7, 11) is 1.08. The second-order valence-corrected chi connectivity index (χ2v) is 8.14. The molecule has 0 aromatic heterocycles. The van der Waals surface area contributed by atoms with E-state index in [2.05, 4.69) is 122 Å². The molecular weight excluding hydrogens is 456 g/mol. The van der Waals surface area contributed by atoms with E-state index in [9.17, 15) is 0 Å². The quantitative estimate of drug-likeness (QED) is 0.152. The summed E-state index contributed by atoms with van der Waals surface area (Å²) in [5, 5.41) is 10.8. The van der Waals surface area contributed by atoms with Crippen molar-refractivity contribution in [1.82, 2.24) is 0 Å². The number of hydrogen-bond donors (Lipinski definition) is 0. The molecule has 0 aliphatic rings. The normalized spacial score (nSPS) is 10.2. The van der Waals surface area contributed by atoms with Crippen molar-refractivity contribution < 1.29 is 26.2 Å². The Labute approximate surface area is 200 Å². The second-order valence-electron chi connectivity index (χ2n) is 7.14. The second kappa shape index (κ2) is 10.7. The number of rotatable bonds is 0. The first-order valence-corrected chi connectivity index (χ1v) is 12.0. The van der Waals surface area contributed by atoms with Crippen LogP contribution in [0.2, 0.25) is 13.1 Å². The Kier molecular flexibility index (Phi) is 7.96. The summed E-state index contributed by atoms with van der Waals surface area (Å²) in [5.74, 6) is 0. The average molecular weight is 480 g/mol. The molecule has 0 N–H and O–H groups in total. The molecule has 0 saturated carbocycles. The molecule has 0 amide bonds. The van der Waals surface area contributed by atoms with Gasteiger partial charge in [0, 0.05) is 9.52 Å². The van der Waals surface area contributed by atoms with Crippen molar-refractivity contribution in [3.8, 4) is 0 Å². The summed E-state index contributed by atoms with van der Waals surface area (Å²) in [5.41, 5.74) is 0. The van der Waals surface area contributed by atoms with Crippen molar-refractivity contribution in [2.24, 2.45) is 0 Å². The molecule has 0 fully saturated rings. The number of fused-ring (bicyclic) bond motifs is 6. The summed E-state index contributed by atoms with van der Waals surface area (Å²) in [4.78, 5) is 0. The molecular formula is C28H24SiZr. The Morgan fingerprint density at radius 3 is 0.867 bits per heavy atom. The Balaban J connectivity index is 0.000000147. The van der Waals surface area contributed by atoms with Gasteiger partial charge in [-0.25, -0.2) is 0 Å². The van der Waals surface area contributed by atoms with Gasteiger partial charge in [0.2, 0.25) is 0 Å². The van der Waals surface area contributed by atoms with Gasteiger partial charge in [0.05, 0.1) is 0 Å². The zero-order chi connectivity index (χ0) is 20.1. The van der Waals surface area contributed by atoms with Crippen LogP contribution in [-0.2, 0) is 26.2 Å². The maximum atomic E-state index is 2.24.